The van der Waals surface area contributed by atoms with Crippen molar-refractivity contribution in [1.82, 2.24) is 4.90 Å². The van der Waals surface area contributed by atoms with Gasteiger partial charge in [-0.1, -0.05) is 13.8 Å². The first-order valence-corrected chi connectivity index (χ1v) is 8.01. The lowest BCUT2D eigenvalue weighted by molar-refractivity contribution is -0.0404. The molecule has 1 aromatic heterocycles. The van der Waals surface area contributed by atoms with Crippen LogP contribution in [0.5, 0.6) is 0 Å². The number of morpholine rings is 1. The molecule has 0 bridgehead atoms. The van der Waals surface area contributed by atoms with Crippen molar-refractivity contribution in [3.63, 3.8) is 0 Å². The predicted octanol–water partition coefficient (Wildman–Crippen LogP) is 2.53. The van der Waals surface area contributed by atoms with Gasteiger partial charge in [-0.25, -0.2) is 0 Å². The van der Waals surface area contributed by atoms with Gasteiger partial charge in [0.15, 0.2) is 0 Å². The van der Waals surface area contributed by atoms with Crippen LogP contribution in [-0.4, -0.2) is 42.4 Å². The van der Waals surface area contributed by atoms with Gasteiger partial charge >= 0.3 is 0 Å². The summed E-state index contributed by atoms with van der Waals surface area (Å²) in [5, 5.41) is 8.99. The van der Waals surface area contributed by atoms with E-state index in [2.05, 4.69) is 30.9 Å². The van der Waals surface area contributed by atoms with Crippen molar-refractivity contribution in [3.05, 3.63) is 21.9 Å². The zero-order valence-electron chi connectivity index (χ0n) is 12.0. The molecule has 0 saturated carbocycles. The first-order chi connectivity index (χ1) is 9.17. The minimum atomic E-state index is 0.203. The molecular formula is C15H25NO2S. The highest BCUT2D eigenvalue weighted by Crippen LogP contribution is 2.22. The highest BCUT2D eigenvalue weighted by molar-refractivity contribution is 7.11. The van der Waals surface area contributed by atoms with E-state index in [9.17, 15) is 0 Å². The van der Waals surface area contributed by atoms with Gasteiger partial charge in [-0.2, -0.15) is 0 Å². The Bertz CT molecular complexity index is 376. The molecule has 1 N–H and O–H groups in total. The van der Waals surface area contributed by atoms with E-state index in [0.717, 1.165) is 38.6 Å². The number of thiophene rings is 1. The molecule has 0 amide bonds. The van der Waals surface area contributed by atoms with Gasteiger partial charge in [0.05, 0.1) is 12.7 Å². The van der Waals surface area contributed by atoms with Gasteiger partial charge in [0.25, 0.3) is 0 Å². The second-order valence-electron chi connectivity index (χ2n) is 5.71. The third-order valence-corrected chi connectivity index (χ3v) is 4.47. The molecule has 1 saturated heterocycles. The normalized spacial score (nSPS) is 21.2. The van der Waals surface area contributed by atoms with Crippen LogP contribution in [0.2, 0.25) is 0 Å². The second-order valence-corrected chi connectivity index (χ2v) is 6.96. The lowest BCUT2D eigenvalue weighted by atomic mass is 10.1. The molecule has 1 atom stereocenters. The molecule has 1 fully saturated rings. The Morgan fingerprint density at radius 2 is 2.21 bits per heavy atom. The summed E-state index contributed by atoms with van der Waals surface area (Å²) >= 11 is 1.94. The van der Waals surface area contributed by atoms with E-state index in [0.29, 0.717) is 0 Å². The Labute approximate surface area is 120 Å². The van der Waals surface area contributed by atoms with E-state index in [4.69, 9.17) is 9.84 Å². The van der Waals surface area contributed by atoms with Gasteiger partial charge in [0.2, 0.25) is 0 Å². The predicted molar refractivity (Wildman–Crippen MR) is 79.6 cm³/mol. The molecule has 0 radical (unpaired) electrons. The third kappa shape index (κ3) is 4.88. The van der Waals surface area contributed by atoms with Crippen molar-refractivity contribution in [2.45, 2.75) is 39.3 Å². The summed E-state index contributed by atoms with van der Waals surface area (Å²) in [6.07, 6.45) is 2.13. The van der Waals surface area contributed by atoms with E-state index in [1.165, 1.54) is 16.2 Å². The minimum absolute atomic E-state index is 0.203. The Hall–Kier alpha value is -0.420. The maximum Gasteiger partial charge on any atom is 0.0724 e. The average molecular weight is 283 g/mol. The quantitative estimate of drug-likeness (QED) is 0.871. The van der Waals surface area contributed by atoms with Gasteiger partial charge in [0, 0.05) is 36.0 Å². The van der Waals surface area contributed by atoms with Crippen LogP contribution in [-0.2, 0) is 17.7 Å². The number of hydrogen-bond donors (Lipinski definition) is 1. The number of aliphatic hydroxyl groups is 1. The van der Waals surface area contributed by atoms with Gasteiger partial charge in [-0.15, -0.1) is 11.3 Å². The summed E-state index contributed by atoms with van der Waals surface area (Å²) in [6, 6.07) is 4.53. The maximum atomic E-state index is 8.99. The first-order valence-electron chi connectivity index (χ1n) is 7.19. The van der Waals surface area contributed by atoms with E-state index in [-0.39, 0.29) is 12.7 Å². The smallest absolute Gasteiger partial charge is 0.0724 e. The third-order valence-electron chi connectivity index (χ3n) is 3.38. The Kier molecular flexibility index (Phi) is 5.82. The standard InChI is InChI=1S/C15H25NO2S/c1-12(2)9-14-3-4-15(19-14)11-16-6-8-18-13(10-16)5-7-17/h3-4,12-13,17H,5-11H2,1-2H3/t13-/m0/s1. The maximum absolute atomic E-state index is 8.99. The SMILES string of the molecule is CC(C)Cc1ccc(CN2CCO[C@@H](CCO)C2)s1. The van der Waals surface area contributed by atoms with Crippen LogP contribution in [0.1, 0.15) is 30.0 Å². The van der Waals surface area contributed by atoms with Gasteiger partial charge in [0.1, 0.15) is 0 Å². The van der Waals surface area contributed by atoms with Gasteiger partial charge < -0.3 is 9.84 Å². The van der Waals surface area contributed by atoms with E-state index >= 15 is 0 Å². The molecule has 4 heteroatoms. The number of hydrogen-bond acceptors (Lipinski definition) is 4. The summed E-state index contributed by atoms with van der Waals surface area (Å²) in [4.78, 5) is 5.37. The summed E-state index contributed by atoms with van der Waals surface area (Å²) < 4.78 is 5.65. The van der Waals surface area contributed by atoms with Crippen LogP contribution in [0.3, 0.4) is 0 Å². The zero-order chi connectivity index (χ0) is 13.7. The topological polar surface area (TPSA) is 32.7 Å². The molecule has 1 aromatic rings. The fraction of sp³-hybridized carbons (Fsp3) is 0.733. The van der Waals surface area contributed by atoms with Crippen LogP contribution in [0, 0.1) is 5.92 Å². The van der Waals surface area contributed by atoms with Gasteiger partial charge in [-0.05, 0) is 30.9 Å². The summed E-state index contributed by atoms with van der Waals surface area (Å²) in [7, 11) is 0. The second kappa shape index (κ2) is 7.39. The molecule has 0 unspecified atom stereocenters. The summed E-state index contributed by atoms with van der Waals surface area (Å²) in [5.74, 6) is 0.726. The molecular weight excluding hydrogens is 258 g/mol. The van der Waals surface area contributed by atoms with Crippen LogP contribution in [0.25, 0.3) is 0 Å². The van der Waals surface area contributed by atoms with Crippen LogP contribution >= 0.6 is 11.3 Å². The fourth-order valence-corrected chi connectivity index (χ4v) is 3.76. The van der Waals surface area contributed by atoms with Crippen LogP contribution in [0.4, 0.5) is 0 Å². The molecule has 3 nitrogen and oxygen atoms in total. The molecule has 0 aromatic carbocycles. The van der Waals surface area contributed by atoms with Crippen molar-refractivity contribution in [2.24, 2.45) is 5.92 Å². The molecule has 19 heavy (non-hydrogen) atoms. The van der Waals surface area contributed by atoms with Crippen molar-refractivity contribution in [3.8, 4) is 0 Å². The van der Waals surface area contributed by atoms with Crippen molar-refractivity contribution in [2.75, 3.05) is 26.3 Å². The number of nitrogens with zero attached hydrogens (tertiary/aromatic N) is 1. The highest BCUT2D eigenvalue weighted by atomic mass is 32.1. The number of ether oxygens (including phenoxy) is 1. The molecule has 1 aliphatic rings. The van der Waals surface area contributed by atoms with E-state index < -0.39 is 0 Å². The zero-order valence-corrected chi connectivity index (χ0v) is 12.8. The Balaban J connectivity index is 1.84. The lowest BCUT2D eigenvalue weighted by Gasteiger charge is -2.32. The van der Waals surface area contributed by atoms with Crippen molar-refractivity contribution < 1.29 is 9.84 Å². The molecule has 2 heterocycles. The Morgan fingerprint density at radius 1 is 1.42 bits per heavy atom. The van der Waals surface area contributed by atoms with E-state index in [1.54, 1.807) is 0 Å². The fourth-order valence-electron chi connectivity index (χ4n) is 2.48. The lowest BCUT2D eigenvalue weighted by Crippen LogP contribution is -2.42. The Morgan fingerprint density at radius 3 is 2.95 bits per heavy atom. The highest BCUT2D eigenvalue weighted by Gasteiger charge is 2.20. The first kappa shape index (κ1) is 15.0. The molecule has 0 aliphatic carbocycles. The van der Waals surface area contributed by atoms with Crippen LogP contribution < -0.4 is 0 Å². The van der Waals surface area contributed by atoms with Crippen molar-refractivity contribution >= 4 is 11.3 Å². The van der Waals surface area contributed by atoms with Gasteiger partial charge in [-0.3, -0.25) is 4.90 Å². The number of rotatable bonds is 6. The largest absolute Gasteiger partial charge is 0.396 e. The number of aliphatic hydroxyl groups excluding tert-OH is 1. The minimum Gasteiger partial charge on any atom is -0.396 e. The van der Waals surface area contributed by atoms with Crippen LogP contribution in [0.15, 0.2) is 12.1 Å². The molecule has 0 spiro atoms. The van der Waals surface area contributed by atoms with Crippen molar-refractivity contribution in [1.29, 1.82) is 0 Å². The molecule has 2 rings (SSSR count). The monoisotopic (exact) mass is 283 g/mol. The molecule has 108 valence electrons. The molecule has 1 aliphatic heterocycles. The average Bonchev–Trinajstić information content (AvgIpc) is 2.76. The summed E-state index contributed by atoms with van der Waals surface area (Å²) in [6.45, 7) is 8.50. The summed E-state index contributed by atoms with van der Waals surface area (Å²) in [5.41, 5.74) is 0. The van der Waals surface area contributed by atoms with E-state index in [1.807, 2.05) is 11.3 Å².